The summed E-state index contributed by atoms with van der Waals surface area (Å²) in [6, 6.07) is 24.3. The molecule has 5 rings (SSSR count). The summed E-state index contributed by atoms with van der Waals surface area (Å²) in [4.78, 5) is 12.7. The van der Waals surface area contributed by atoms with Crippen LogP contribution in [0.4, 0.5) is 5.69 Å². The molecule has 3 aromatic rings. The molecule has 0 saturated carbocycles. The van der Waals surface area contributed by atoms with Gasteiger partial charge >= 0.3 is 0 Å². The third kappa shape index (κ3) is 4.29. The van der Waals surface area contributed by atoms with E-state index in [9.17, 15) is 0 Å². The first-order chi connectivity index (χ1) is 14.3. The Labute approximate surface area is 173 Å². The van der Waals surface area contributed by atoms with Gasteiger partial charge in [-0.2, -0.15) is 0 Å². The Morgan fingerprint density at radius 3 is 2.45 bits per heavy atom. The lowest BCUT2D eigenvalue weighted by Gasteiger charge is -2.44. The summed E-state index contributed by atoms with van der Waals surface area (Å²) in [5, 5.41) is 1.23. The van der Waals surface area contributed by atoms with E-state index in [0.29, 0.717) is 6.04 Å². The quantitative estimate of drug-likeness (QED) is 0.675. The highest BCUT2D eigenvalue weighted by molar-refractivity contribution is 5.78. The minimum absolute atomic E-state index is 0.683. The SMILES string of the molecule is c1ccc(N2CCN(C3CCCN(Cc4ccc5ccccc5n4)C3)CC2)cc1. The van der Waals surface area contributed by atoms with Crippen molar-refractivity contribution in [3.05, 3.63) is 72.4 Å². The number of para-hydroxylation sites is 2. The monoisotopic (exact) mass is 386 g/mol. The van der Waals surface area contributed by atoms with E-state index in [1.165, 1.54) is 55.8 Å². The fourth-order valence-corrected chi connectivity index (χ4v) is 4.88. The second-order valence-electron chi connectivity index (χ2n) is 8.39. The molecule has 0 aliphatic carbocycles. The fraction of sp³-hybridized carbons (Fsp3) is 0.400. The van der Waals surface area contributed by atoms with Crippen LogP contribution in [0.5, 0.6) is 0 Å². The van der Waals surface area contributed by atoms with Crippen molar-refractivity contribution in [2.75, 3.05) is 44.2 Å². The predicted molar refractivity (Wildman–Crippen MR) is 120 cm³/mol. The van der Waals surface area contributed by atoms with Crippen molar-refractivity contribution >= 4 is 16.6 Å². The highest BCUT2D eigenvalue weighted by atomic mass is 15.3. The molecule has 4 nitrogen and oxygen atoms in total. The van der Waals surface area contributed by atoms with Crippen LogP contribution in [0.25, 0.3) is 10.9 Å². The zero-order valence-corrected chi connectivity index (χ0v) is 17.1. The van der Waals surface area contributed by atoms with Crippen LogP contribution in [-0.2, 0) is 6.54 Å². The molecule has 2 aliphatic rings. The molecule has 2 aromatic carbocycles. The van der Waals surface area contributed by atoms with Crippen LogP contribution in [-0.4, -0.2) is 60.1 Å². The van der Waals surface area contributed by atoms with E-state index >= 15 is 0 Å². The lowest BCUT2D eigenvalue weighted by Crippen LogP contribution is -2.55. The molecule has 0 spiro atoms. The van der Waals surface area contributed by atoms with Gasteiger partial charge in [0.25, 0.3) is 0 Å². The number of benzene rings is 2. The average molecular weight is 387 g/mol. The van der Waals surface area contributed by atoms with Gasteiger partial charge in [0.15, 0.2) is 0 Å². The maximum absolute atomic E-state index is 4.89. The van der Waals surface area contributed by atoms with Gasteiger partial charge in [0.2, 0.25) is 0 Å². The first-order valence-corrected chi connectivity index (χ1v) is 11.0. The van der Waals surface area contributed by atoms with Gasteiger partial charge in [-0.25, -0.2) is 0 Å². The highest BCUT2D eigenvalue weighted by Gasteiger charge is 2.28. The summed E-state index contributed by atoms with van der Waals surface area (Å²) in [5.74, 6) is 0. The zero-order chi connectivity index (χ0) is 19.5. The van der Waals surface area contributed by atoms with Gasteiger partial charge in [-0.05, 0) is 43.7 Å². The van der Waals surface area contributed by atoms with Crippen molar-refractivity contribution in [3.8, 4) is 0 Å². The van der Waals surface area contributed by atoms with Crippen molar-refractivity contribution in [2.45, 2.75) is 25.4 Å². The Morgan fingerprint density at radius 1 is 0.793 bits per heavy atom. The van der Waals surface area contributed by atoms with Crippen LogP contribution in [0.1, 0.15) is 18.5 Å². The third-order valence-corrected chi connectivity index (χ3v) is 6.47. The molecule has 1 unspecified atom stereocenters. The smallest absolute Gasteiger partial charge is 0.0705 e. The van der Waals surface area contributed by atoms with Gasteiger partial charge in [-0.1, -0.05) is 42.5 Å². The number of hydrogen-bond acceptors (Lipinski definition) is 4. The van der Waals surface area contributed by atoms with Gasteiger partial charge in [0, 0.05) is 56.4 Å². The number of nitrogens with zero attached hydrogens (tertiary/aromatic N) is 4. The summed E-state index contributed by atoms with van der Waals surface area (Å²) in [5.41, 5.74) is 3.66. The maximum atomic E-state index is 4.89. The van der Waals surface area contributed by atoms with E-state index in [0.717, 1.165) is 25.2 Å². The van der Waals surface area contributed by atoms with E-state index in [4.69, 9.17) is 4.98 Å². The largest absolute Gasteiger partial charge is 0.369 e. The lowest BCUT2D eigenvalue weighted by molar-refractivity contribution is 0.0881. The molecular formula is C25H30N4. The molecule has 1 aromatic heterocycles. The molecule has 2 fully saturated rings. The molecular weight excluding hydrogens is 356 g/mol. The first-order valence-electron chi connectivity index (χ1n) is 11.0. The van der Waals surface area contributed by atoms with Crippen molar-refractivity contribution in [1.82, 2.24) is 14.8 Å². The minimum Gasteiger partial charge on any atom is -0.369 e. The molecule has 0 N–H and O–H groups in total. The molecule has 0 amide bonds. The van der Waals surface area contributed by atoms with E-state index < -0.39 is 0 Å². The second-order valence-corrected chi connectivity index (χ2v) is 8.39. The van der Waals surface area contributed by atoms with Gasteiger partial charge < -0.3 is 4.90 Å². The normalized spacial score (nSPS) is 21.5. The molecule has 29 heavy (non-hydrogen) atoms. The number of rotatable bonds is 4. The molecule has 2 saturated heterocycles. The minimum atomic E-state index is 0.683. The van der Waals surface area contributed by atoms with Crippen LogP contribution in [0.15, 0.2) is 66.7 Å². The number of piperazine rings is 1. The number of anilines is 1. The standard InChI is InChI=1S/C25H30N4/c1-2-8-23(9-3-1)28-15-17-29(18-16-28)24-10-6-14-27(20-24)19-22-13-12-21-7-4-5-11-25(21)26-22/h1-5,7-9,11-13,24H,6,10,14-20H2. The van der Waals surface area contributed by atoms with Crippen molar-refractivity contribution in [2.24, 2.45) is 0 Å². The van der Waals surface area contributed by atoms with E-state index in [1.807, 2.05) is 0 Å². The molecule has 2 aliphatic heterocycles. The van der Waals surface area contributed by atoms with Crippen LogP contribution >= 0.6 is 0 Å². The topological polar surface area (TPSA) is 22.6 Å². The summed E-state index contributed by atoms with van der Waals surface area (Å²) < 4.78 is 0. The summed E-state index contributed by atoms with van der Waals surface area (Å²) in [7, 11) is 0. The zero-order valence-electron chi connectivity index (χ0n) is 17.1. The number of hydrogen-bond donors (Lipinski definition) is 0. The lowest BCUT2D eigenvalue weighted by atomic mass is 10.0. The molecule has 1 atom stereocenters. The van der Waals surface area contributed by atoms with E-state index in [2.05, 4.69) is 81.4 Å². The number of pyridine rings is 1. The van der Waals surface area contributed by atoms with Crippen LogP contribution in [0.2, 0.25) is 0 Å². The summed E-state index contributed by atoms with van der Waals surface area (Å²) in [6.45, 7) is 7.92. The van der Waals surface area contributed by atoms with Gasteiger partial charge in [0.05, 0.1) is 11.2 Å². The molecule has 0 bridgehead atoms. The first kappa shape index (κ1) is 18.6. The number of aromatic nitrogens is 1. The van der Waals surface area contributed by atoms with Crippen LogP contribution in [0, 0.1) is 0 Å². The van der Waals surface area contributed by atoms with Crippen molar-refractivity contribution in [1.29, 1.82) is 0 Å². The van der Waals surface area contributed by atoms with Crippen molar-refractivity contribution in [3.63, 3.8) is 0 Å². The maximum Gasteiger partial charge on any atom is 0.0705 e. The Bertz CT molecular complexity index is 934. The third-order valence-electron chi connectivity index (χ3n) is 6.47. The Balaban J connectivity index is 1.18. The second kappa shape index (κ2) is 8.52. The van der Waals surface area contributed by atoms with Crippen LogP contribution in [0.3, 0.4) is 0 Å². The van der Waals surface area contributed by atoms with Gasteiger partial charge in [-0.3, -0.25) is 14.8 Å². The number of piperidine rings is 1. The summed E-state index contributed by atoms with van der Waals surface area (Å²) >= 11 is 0. The van der Waals surface area contributed by atoms with Gasteiger partial charge in [0.1, 0.15) is 0 Å². The predicted octanol–water partition coefficient (Wildman–Crippen LogP) is 4.02. The Kier molecular flexibility index (Phi) is 5.46. The number of likely N-dealkylation sites (tertiary alicyclic amines) is 1. The number of fused-ring (bicyclic) bond motifs is 1. The van der Waals surface area contributed by atoms with E-state index in [-0.39, 0.29) is 0 Å². The molecule has 4 heteroatoms. The summed E-state index contributed by atoms with van der Waals surface area (Å²) in [6.07, 6.45) is 2.62. The Morgan fingerprint density at radius 2 is 1.59 bits per heavy atom. The molecule has 3 heterocycles. The average Bonchev–Trinajstić information content (AvgIpc) is 2.80. The van der Waals surface area contributed by atoms with E-state index in [1.54, 1.807) is 0 Å². The van der Waals surface area contributed by atoms with Crippen molar-refractivity contribution < 1.29 is 0 Å². The molecule has 0 radical (unpaired) electrons. The van der Waals surface area contributed by atoms with Gasteiger partial charge in [-0.15, -0.1) is 0 Å². The fourth-order valence-electron chi connectivity index (χ4n) is 4.88. The van der Waals surface area contributed by atoms with Crippen LogP contribution < -0.4 is 4.90 Å². The highest BCUT2D eigenvalue weighted by Crippen LogP contribution is 2.22. The molecule has 150 valence electrons. The Hall–Kier alpha value is -2.43.